The molecule has 0 bridgehead atoms. The minimum absolute atomic E-state index is 0.532. The second-order valence-electron chi connectivity index (χ2n) is 5.32. The zero-order valence-electron chi connectivity index (χ0n) is 12.4. The van der Waals surface area contributed by atoms with E-state index in [4.69, 9.17) is 5.84 Å². The monoisotopic (exact) mass is 242 g/mol. The van der Waals surface area contributed by atoms with Gasteiger partial charge in [0.1, 0.15) is 0 Å². The Morgan fingerprint density at radius 1 is 0.824 bits per heavy atom. The van der Waals surface area contributed by atoms with E-state index in [0.29, 0.717) is 6.04 Å². The Morgan fingerprint density at radius 3 is 1.76 bits per heavy atom. The molecule has 2 N–H and O–H groups in total. The number of nitrogens with two attached hydrogens (primary N) is 1. The summed E-state index contributed by atoms with van der Waals surface area (Å²) in [6.45, 7) is 7.73. The standard InChI is InChI=1S/C15H34N2/c1-4-6-7-8-9-10-11-12-13-14-17(16)15(3)5-2/h15H,4-14,16H2,1-3H3. The highest BCUT2D eigenvalue weighted by Crippen LogP contribution is 2.10. The molecular formula is C15H34N2. The van der Waals surface area contributed by atoms with Crippen LogP contribution in [0.4, 0.5) is 0 Å². The van der Waals surface area contributed by atoms with Gasteiger partial charge in [0.2, 0.25) is 0 Å². The SMILES string of the molecule is CCCCCCCCCCCN(N)C(C)CC. The van der Waals surface area contributed by atoms with Crippen LogP contribution in [0.3, 0.4) is 0 Å². The molecule has 0 radical (unpaired) electrons. The topological polar surface area (TPSA) is 29.3 Å². The van der Waals surface area contributed by atoms with E-state index in [1.54, 1.807) is 0 Å². The first-order chi connectivity index (χ1) is 8.22. The summed E-state index contributed by atoms with van der Waals surface area (Å²) in [4.78, 5) is 0. The van der Waals surface area contributed by atoms with E-state index < -0.39 is 0 Å². The highest BCUT2D eigenvalue weighted by molar-refractivity contribution is 4.58. The summed E-state index contributed by atoms with van der Waals surface area (Å²) in [5, 5.41) is 2.00. The number of rotatable bonds is 12. The number of hydrogen-bond donors (Lipinski definition) is 1. The fraction of sp³-hybridized carbons (Fsp3) is 1.00. The van der Waals surface area contributed by atoms with Crippen LogP contribution in [0, 0.1) is 0 Å². The predicted molar refractivity (Wildman–Crippen MR) is 77.9 cm³/mol. The van der Waals surface area contributed by atoms with E-state index in [0.717, 1.165) is 13.0 Å². The average Bonchev–Trinajstić information content (AvgIpc) is 2.35. The second-order valence-corrected chi connectivity index (χ2v) is 5.32. The molecule has 0 rings (SSSR count). The second kappa shape index (κ2) is 12.4. The maximum absolute atomic E-state index is 5.96. The summed E-state index contributed by atoms with van der Waals surface area (Å²) < 4.78 is 0. The summed E-state index contributed by atoms with van der Waals surface area (Å²) in [6.07, 6.45) is 13.6. The van der Waals surface area contributed by atoms with Gasteiger partial charge in [-0.05, 0) is 19.8 Å². The van der Waals surface area contributed by atoms with Crippen LogP contribution in [-0.2, 0) is 0 Å². The van der Waals surface area contributed by atoms with Gasteiger partial charge in [-0.1, -0.05) is 65.2 Å². The van der Waals surface area contributed by atoms with Crippen LogP contribution in [0.2, 0.25) is 0 Å². The number of hydrazine groups is 1. The molecule has 0 aliphatic carbocycles. The number of nitrogens with zero attached hydrogens (tertiary/aromatic N) is 1. The Morgan fingerprint density at radius 2 is 1.29 bits per heavy atom. The van der Waals surface area contributed by atoms with Gasteiger partial charge in [0, 0.05) is 12.6 Å². The fourth-order valence-corrected chi connectivity index (χ4v) is 2.06. The van der Waals surface area contributed by atoms with Crippen molar-refractivity contribution in [2.45, 2.75) is 91.0 Å². The fourth-order valence-electron chi connectivity index (χ4n) is 2.06. The van der Waals surface area contributed by atoms with Crippen LogP contribution in [0.5, 0.6) is 0 Å². The Bertz CT molecular complexity index is 148. The third-order valence-electron chi connectivity index (χ3n) is 3.68. The lowest BCUT2D eigenvalue weighted by Gasteiger charge is -2.22. The van der Waals surface area contributed by atoms with Gasteiger partial charge < -0.3 is 0 Å². The van der Waals surface area contributed by atoms with Gasteiger partial charge in [-0.2, -0.15) is 0 Å². The van der Waals surface area contributed by atoms with E-state index in [9.17, 15) is 0 Å². The third-order valence-corrected chi connectivity index (χ3v) is 3.68. The highest BCUT2D eigenvalue weighted by atomic mass is 15.4. The van der Waals surface area contributed by atoms with Crippen molar-refractivity contribution in [3.05, 3.63) is 0 Å². The van der Waals surface area contributed by atoms with Crippen LogP contribution >= 0.6 is 0 Å². The molecule has 0 aliphatic heterocycles. The molecule has 0 aromatic rings. The van der Waals surface area contributed by atoms with Crippen LogP contribution in [0.1, 0.15) is 85.0 Å². The van der Waals surface area contributed by atoms with E-state index in [2.05, 4.69) is 20.8 Å². The van der Waals surface area contributed by atoms with Crippen molar-refractivity contribution in [2.24, 2.45) is 5.84 Å². The van der Waals surface area contributed by atoms with Crippen molar-refractivity contribution in [1.29, 1.82) is 0 Å². The molecule has 0 aromatic heterocycles. The minimum atomic E-state index is 0.532. The molecule has 0 saturated carbocycles. The first-order valence-corrected chi connectivity index (χ1v) is 7.73. The van der Waals surface area contributed by atoms with Crippen molar-refractivity contribution in [2.75, 3.05) is 6.54 Å². The highest BCUT2D eigenvalue weighted by Gasteiger charge is 2.05. The molecule has 1 atom stereocenters. The normalized spacial score (nSPS) is 13.2. The van der Waals surface area contributed by atoms with Crippen molar-refractivity contribution in [1.82, 2.24) is 5.01 Å². The first kappa shape index (κ1) is 16.9. The molecule has 0 aliphatic rings. The summed E-state index contributed by atoms with van der Waals surface area (Å²) in [5.74, 6) is 5.96. The molecule has 0 aromatic carbocycles. The minimum Gasteiger partial charge on any atom is -0.269 e. The molecule has 1 unspecified atom stereocenters. The lowest BCUT2D eigenvalue weighted by molar-refractivity contribution is 0.204. The van der Waals surface area contributed by atoms with Gasteiger partial charge in [-0.3, -0.25) is 5.84 Å². The van der Waals surface area contributed by atoms with E-state index in [-0.39, 0.29) is 0 Å². The van der Waals surface area contributed by atoms with Crippen molar-refractivity contribution in [3.63, 3.8) is 0 Å². The van der Waals surface area contributed by atoms with Crippen molar-refractivity contribution in [3.8, 4) is 0 Å². The molecule has 2 nitrogen and oxygen atoms in total. The third kappa shape index (κ3) is 10.8. The molecule has 2 heteroatoms. The van der Waals surface area contributed by atoms with Crippen LogP contribution < -0.4 is 5.84 Å². The molecule has 0 spiro atoms. The quantitative estimate of drug-likeness (QED) is 0.310. The summed E-state index contributed by atoms with van der Waals surface area (Å²) in [7, 11) is 0. The molecule has 17 heavy (non-hydrogen) atoms. The van der Waals surface area contributed by atoms with E-state index >= 15 is 0 Å². The van der Waals surface area contributed by atoms with E-state index in [1.807, 2.05) is 5.01 Å². The summed E-state index contributed by atoms with van der Waals surface area (Å²) in [6, 6.07) is 0.532. The molecule has 0 saturated heterocycles. The average molecular weight is 242 g/mol. The van der Waals surface area contributed by atoms with Crippen LogP contribution in [0.15, 0.2) is 0 Å². The largest absolute Gasteiger partial charge is 0.269 e. The predicted octanol–water partition coefficient (Wildman–Crippen LogP) is 4.49. The van der Waals surface area contributed by atoms with Gasteiger partial charge in [0.15, 0.2) is 0 Å². The van der Waals surface area contributed by atoms with Gasteiger partial charge in [-0.15, -0.1) is 0 Å². The van der Waals surface area contributed by atoms with Gasteiger partial charge in [-0.25, -0.2) is 5.01 Å². The van der Waals surface area contributed by atoms with Crippen LogP contribution in [0.25, 0.3) is 0 Å². The lowest BCUT2D eigenvalue weighted by atomic mass is 10.1. The Hall–Kier alpha value is -0.0800. The zero-order valence-corrected chi connectivity index (χ0v) is 12.4. The molecule has 104 valence electrons. The van der Waals surface area contributed by atoms with Crippen molar-refractivity contribution < 1.29 is 0 Å². The maximum atomic E-state index is 5.96. The smallest absolute Gasteiger partial charge is 0.0210 e. The maximum Gasteiger partial charge on any atom is 0.0210 e. The molecular weight excluding hydrogens is 208 g/mol. The summed E-state index contributed by atoms with van der Waals surface area (Å²) in [5.41, 5.74) is 0. The Labute approximate surface area is 109 Å². The van der Waals surface area contributed by atoms with Gasteiger partial charge in [0.05, 0.1) is 0 Å². The Kier molecular flexibility index (Phi) is 12.3. The van der Waals surface area contributed by atoms with Gasteiger partial charge in [0.25, 0.3) is 0 Å². The number of unbranched alkanes of at least 4 members (excludes halogenated alkanes) is 8. The molecule has 0 amide bonds. The lowest BCUT2D eigenvalue weighted by Crippen LogP contribution is -2.39. The van der Waals surface area contributed by atoms with Crippen molar-refractivity contribution >= 4 is 0 Å². The molecule has 0 heterocycles. The van der Waals surface area contributed by atoms with Gasteiger partial charge >= 0.3 is 0 Å². The zero-order chi connectivity index (χ0) is 12.9. The number of hydrogen-bond acceptors (Lipinski definition) is 2. The molecule has 0 fully saturated rings. The van der Waals surface area contributed by atoms with E-state index in [1.165, 1.54) is 57.8 Å². The Balaban J connectivity index is 3.13. The summed E-state index contributed by atoms with van der Waals surface area (Å²) >= 11 is 0. The first-order valence-electron chi connectivity index (χ1n) is 7.73. The van der Waals surface area contributed by atoms with Crippen LogP contribution in [-0.4, -0.2) is 17.6 Å².